The van der Waals surface area contributed by atoms with Crippen LogP contribution in [0.3, 0.4) is 0 Å². The van der Waals surface area contributed by atoms with E-state index in [4.69, 9.17) is 9.84 Å². The molecule has 0 spiro atoms. The monoisotopic (exact) mass is 235 g/mol. The molecular formula is C12H13NO4. The van der Waals surface area contributed by atoms with Gasteiger partial charge in [-0.3, -0.25) is 4.79 Å². The summed E-state index contributed by atoms with van der Waals surface area (Å²) in [6, 6.07) is 8.47. The molecule has 90 valence electrons. The Bertz CT molecular complexity index is 564. The Morgan fingerprint density at radius 1 is 1.29 bits per heavy atom. The molecule has 0 amide bonds. The minimum Gasteiger partial charge on any atom is -0.489 e. The van der Waals surface area contributed by atoms with Crippen molar-refractivity contribution < 1.29 is 14.9 Å². The van der Waals surface area contributed by atoms with Crippen LogP contribution in [0, 0.1) is 0 Å². The van der Waals surface area contributed by atoms with Gasteiger partial charge in [-0.05, 0) is 12.1 Å². The highest BCUT2D eigenvalue weighted by atomic mass is 16.5. The molecule has 0 aliphatic carbocycles. The normalized spacial score (nSPS) is 12.6. The van der Waals surface area contributed by atoms with Crippen LogP contribution in [-0.2, 0) is 0 Å². The van der Waals surface area contributed by atoms with E-state index in [1.165, 1.54) is 6.07 Å². The van der Waals surface area contributed by atoms with E-state index in [0.717, 1.165) is 5.39 Å². The average molecular weight is 235 g/mol. The number of hydrogen-bond acceptors (Lipinski definition) is 4. The van der Waals surface area contributed by atoms with Crippen LogP contribution in [0.2, 0.25) is 0 Å². The highest BCUT2D eigenvalue weighted by Gasteiger charge is 2.06. The fourth-order valence-corrected chi connectivity index (χ4v) is 1.51. The molecule has 2 rings (SSSR count). The Balaban J connectivity index is 2.33. The Hall–Kier alpha value is -1.85. The van der Waals surface area contributed by atoms with Gasteiger partial charge in [-0.15, -0.1) is 0 Å². The van der Waals surface area contributed by atoms with Gasteiger partial charge < -0.3 is 19.9 Å². The molecule has 1 aromatic carbocycles. The number of para-hydroxylation sites is 1. The Morgan fingerprint density at radius 3 is 2.88 bits per heavy atom. The lowest BCUT2D eigenvalue weighted by Crippen LogP contribution is -2.21. The lowest BCUT2D eigenvalue weighted by molar-refractivity contribution is 0.0540. The van der Waals surface area contributed by atoms with Crippen molar-refractivity contribution >= 4 is 10.9 Å². The summed E-state index contributed by atoms with van der Waals surface area (Å²) < 4.78 is 5.35. The average Bonchev–Trinajstić information content (AvgIpc) is 2.35. The standard InChI is InChI=1S/C12H13NO4/c14-6-9(15)7-17-10-3-1-2-8-4-5-11(16)13-12(8)10/h1-5,9,14-15H,6-7H2,(H,13,16). The number of ether oxygens (including phenoxy) is 1. The number of pyridine rings is 1. The Morgan fingerprint density at radius 2 is 2.12 bits per heavy atom. The summed E-state index contributed by atoms with van der Waals surface area (Å²) in [5.74, 6) is 0.479. The lowest BCUT2D eigenvalue weighted by Gasteiger charge is -2.11. The summed E-state index contributed by atoms with van der Waals surface area (Å²) in [6.07, 6.45) is -0.930. The van der Waals surface area contributed by atoms with Crippen LogP contribution in [0.15, 0.2) is 35.1 Å². The zero-order valence-electron chi connectivity index (χ0n) is 9.09. The Labute approximate surface area is 97.3 Å². The van der Waals surface area contributed by atoms with Crippen LogP contribution in [0.1, 0.15) is 0 Å². The molecule has 2 aromatic rings. The zero-order chi connectivity index (χ0) is 12.3. The first-order chi connectivity index (χ1) is 8.20. The van der Waals surface area contributed by atoms with Crippen molar-refractivity contribution in [2.75, 3.05) is 13.2 Å². The maximum absolute atomic E-state index is 11.2. The maximum Gasteiger partial charge on any atom is 0.248 e. The van der Waals surface area contributed by atoms with Crippen LogP contribution in [-0.4, -0.2) is 34.5 Å². The second-order valence-electron chi connectivity index (χ2n) is 3.69. The first-order valence-corrected chi connectivity index (χ1v) is 5.24. The second-order valence-corrected chi connectivity index (χ2v) is 3.69. The highest BCUT2D eigenvalue weighted by molar-refractivity contribution is 5.84. The number of H-pyrrole nitrogens is 1. The molecule has 0 bridgehead atoms. The van der Waals surface area contributed by atoms with Gasteiger partial charge in [0, 0.05) is 11.5 Å². The van der Waals surface area contributed by atoms with Crippen LogP contribution in [0.25, 0.3) is 10.9 Å². The van der Waals surface area contributed by atoms with E-state index in [9.17, 15) is 9.90 Å². The number of aliphatic hydroxyl groups excluding tert-OH is 2. The van der Waals surface area contributed by atoms with E-state index in [1.807, 2.05) is 6.07 Å². The van der Waals surface area contributed by atoms with E-state index in [1.54, 1.807) is 18.2 Å². The minimum atomic E-state index is -0.930. The van der Waals surface area contributed by atoms with Gasteiger partial charge in [-0.25, -0.2) is 0 Å². The minimum absolute atomic E-state index is 0.0213. The van der Waals surface area contributed by atoms with Gasteiger partial charge in [0.25, 0.3) is 0 Å². The van der Waals surface area contributed by atoms with E-state index in [0.29, 0.717) is 11.3 Å². The third-order valence-electron chi connectivity index (χ3n) is 2.36. The molecule has 17 heavy (non-hydrogen) atoms. The van der Waals surface area contributed by atoms with Crippen molar-refractivity contribution in [3.8, 4) is 5.75 Å². The van der Waals surface area contributed by atoms with E-state index < -0.39 is 6.10 Å². The number of aromatic amines is 1. The summed E-state index contributed by atoms with van der Waals surface area (Å²) >= 11 is 0. The molecule has 1 aromatic heterocycles. The molecule has 0 saturated heterocycles. The molecule has 3 N–H and O–H groups in total. The molecule has 0 radical (unpaired) electrons. The quantitative estimate of drug-likeness (QED) is 0.710. The molecule has 1 unspecified atom stereocenters. The van der Waals surface area contributed by atoms with Crippen molar-refractivity contribution in [2.45, 2.75) is 6.10 Å². The summed E-state index contributed by atoms with van der Waals surface area (Å²) in [5, 5.41) is 18.7. The van der Waals surface area contributed by atoms with Crippen LogP contribution in [0.4, 0.5) is 0 Å². The number of aliphatic hydroxyl groups is 2. The maximum atomic E-state index is 11.2. The molecule has 0 fully saturated rings. The number of rotatable bonds is 4. The van der Waals surface area contributed by atoms with E-state index in [2.05, 4.69) is 4.98 Å². The first-order valence-electron chi connectivity index (χ1n) is 5.24. The van der Waals surface area contributed by atoms with E-state index in [-0.39, 0.29) is 18.8 Å². The summed E-state index contributed by atoms with van der Waals surface area (Å²) in [5.41, 5.74) is 0.376. The number of nitrogens with one attached hydrogen (secondary N) is 1. The topological polar surface area (TPSA) is 82.6 Å². The fraction of sp³-hybridized carbons (Fsp3) is 0.250. The number of benzene rings is 1. The third-order valence-corrected chi connectivity index (χ3v) is 2.36. The highest BCUT2D eigenvalue weighted by Crippen LogP contribution is 2.22. The van der Waals surface area contributed by atoms with Gasteiger partial charge in [-0.2, -0.15) is 0 Å². The van der Waals surface area contributed by atoms with Crippen LogP contribution in [0.5, 0.6) is 5.75 Å². The van der Waals surface area contributed by atoms with Crippen molar-refractivity contribution in [3.05, 3.63) is 40.7 Å². The van der Waals surface area contributed by atoms with Crippen molar-refractivity contribution in [1.29, 1.82) is 0 Å². The van der Waals surface area contributed by atoms with Crippen molar-refractivity contribution in [1.82, 2.24) is 4.98 Å². The lowest BCUT2D eigenvalue weighted by atomic mass is 10.2. The third kappa shape index (κ3) is 2.64. The predicted molar refractivity (Wildman–Crippen MR) is 63.2 cm³/mol. The molecule has 0 saturated carbocycles. The fourth-order valence-electron chi connectivity index (χ4n) is 1.51. The number of fused-ring (bicyclic) bond motifs is 1. The SMILES string of the molecule is O=c1ccc2cccc(OCC(O)CO)c2[nH]1. The molecule has 0 aliphatic heterocycles. The van der Waals surface area contributed by atoms with Crippen molar-refractivity contribution in [3.63, 3.8) is 0 Å². The summed E-state index contributed by atoms with van der Waals surface area (Å²) in [4.78, 5) is 13.9. The summed E-state index contributed by atoms with van der Waals surface area (Å²) in [7, 11) is 0. The second kappa shape index (κ2) is 4.99. The van der Waals surface area contributed by atoms with Crippen molar-refractivity contribution in [2.24, 2.45) is 0 Å². The number of hydrogen-bond donors (Lipinski definition) is 3. The van der Waals surface area contributed by atoms with Gasteiger partial charge in [0.1, 0.15) is 18.5 Å². The molecule has 1 heterocycles. The Kier molecular flexibility index (Phi) is 3.41. The van der Waals surface area contributed by atoms with Gasteiger partial charge in [0.05, 0.1) is 12.1 Å². The van der Waals surface area contributed by atoms with Gasteiger partial charge in [0.2, 0.25) is 5.56 Å². The molecule has 5 heteroatoms. The molecular weight excluding hydrogens is 222 g/mol. The predicted octanol–water partition coefficient (Wildman–Crippen LogP) is 0.260. The smallest absolute Gasteiger partial charge is 0.248 e. The summed E-state index contributed by atoms with van der Waals surface area (Å²) in [6.45, 7) is -0.381. The molecule has 1 atom stereocenters. The largest absolute Gasteiger partial charge is 0.489 e. The van der Waals surface area contributed by atoms with E-state index >= 15 is 0 Å². The molecule has 5 nitrogen and oxygen atoms in total. The van der Waals surface area contributed by atoms with Crippen LogP contribution >= 0.6 is 0 Å². The molecule has 0 aliphatic rings. The number of aromatic nitrogens is 1. The van der Waals surface area contributed by atoms with Gasteiger partial charge in [-0.1, -0.05) is 12.1 Å². The first kappa shape index (κ1) is 11.6. The van der Waals surface area contributed by atoms with Gasteiger partial charge >= 0.3 is 0 Å². The van der Waals surface area contributed by atoms with Gasteiger partial charge in [0.15, 0.2) is 0 Å². The van der Waals surface area contributed by atoms with Crippen LogP contribution < -0.4 is 10.3 Å². The zero-order valence-corrected chi connectivity index (χ0v) is 9.09.